The van der Waals surface area contributed by atoms with Gasteiger partial charge in [-0.1, -0.05) is 6.07 Å². The third kappa shape index (κ3) is 2.87. The number of aromatic amines is 1. The maximum Gasteiger partial charge on any atom is 0.152 e. The van der Waals surface area contributed by atoms with Crippen molar-refractivity contribution in [2.75, 3.05) is 5.32 Å². The van der Waals surface area contributed by atoms with Crippen LogP contribution in [-0.4, -0.2) is 10.2 Å². The van der Waals surface area contributed by atoms with E-state index in [-0.39, 0.29) is 0 Å². The molecule has 0 bridgehead atoms. The highest BCUT2D eigenvalue weighted by Gasteiger charge is 2.10. The van der Waals surface area contributed by atoms with Gasteiger partial charge in [-0.2, -0.15) is 5.10 Å². The number of benzene rings is 1. The van der Waals surface area contributed by atoms with Crippen molar-refractivity contribution in [2.45, 2.75) is 13.5 Å². The third-order valence-corrected chi connectivity index (χ3v) is 3.68. The summed E-state index contributed by atoms with van der Waals surface area (Å²) in [5, 5.41) is 10.5. The first kappa shape index (κ1) is 13.2. The summed E-state index contributed by atoms with van der Waals surface area (Å²) in [5.74, 6) is 1.71. The molecular weight excluding hydrogens is 365 g/mol. The molecule has 3 aromatic rings. The molecule has 0 amide bonds. The van der Waals surface area contributed by atoms with Crippen molar-refractivity contribution in [3.8, 4) is 11.5 Å². The van der Waals surface area contributed by atoms with Crippen LogP contribution in [0, 0.1) is 10.5 Å². The Labute approximate surface area is 130 Å². The Morgan fingerprint density at radius 1 is 1.30 bits per heavy atom. The lowest BCUT2D eigenvalue weighted by molar-refractivity contribution is 0.545. The molecule has 2 N–H and O–H groups in total. The number of hydrogen-bond donors (Lipinski definition) is 2. The molecule has 3 rings (SSSR count). The summed E-state index contributed by atoms with van der Waals surface area (Å²) in [6, 6.07) is 12.2. The molecule has 0 aliphatic heterocycles. The zero-order chi connectivity index (χ0) is 13.9. The van der Waals surface area contributed by atoms with Crippen molar-refractivity contribution < 1.29 is 4.42 Å². The smallest absolute Gasteiger partial charge is 0.152 e. The van der Waals surface area contributed by atoms with Gasteiger partial charge in [0.15, 0.2) is 5.76 Å². The summed E-state index contributed by atoms with van der Waals surface area (Å²) in [4.78, 5) is 0. The van der Waals surface area contributed by atoms with Crippen molar-refractivity contribution in [3.63, 3.8) is 0 Å². The first-order valence-electron chi connectivity index (χ1n) is 6.31. The van der Waals surface area contributed by atoms with E-state index in [1.165, 1.54) is 3.57 Å². The van der Waals surface area contributed by atoms with E-state index in [1.807, 2.05) is 31.3 Å². The summed E-state index contributed by atoms with van der Waals surface area (Å²) in [6.07, 6.45) is 1.83. The number of furan rings is 1. The summed E-state index contributed by atoms with van der Waals surface area (Å²) in [7, 11) is 0. The Morgan fingerprint density at radius 3 is 2.95 bits per heavy atom. The van der Waals surface area contributed by atoms with Gasteiger partial charge in [0.25, 0.3) is 0 Å². The topological polar surface area (TPSA) is 53.9 Å². The minimum absolute atomic E-state index is 0.700. The van der Waals surface area contributed by atoms with Crippen LogP contribution >= 0.6 is 22.6 Å². The Balaban J connectivity index is 1.77. The molecule has 0 fully saturated rings. The van der Waals surface area contributed by atoms with E-state index >= 15 is 0 Å². The number of nitrogens with one attached hydrogen (secondary N) is 2. The van der Waals surface area contributed by atoms with Gasteiger partial charge in [0, 0.05) is 21.4 Å². The van der Waals surface area contributed by atoms with Crippen LogP contribution in [0.15, 0.2) is 47.0 Å². The molecule has 102 valence electrons. The number of halogens is 1. The van der Waals surface area contributed by atoms with Crippen LogP contribution < -0.4 is 5.32 Å². The molecule has 2 heterocycles. The summed E-state index contributed by atoms with van der Waals surface area (Å²) in [5.41, 5.74) is 3.11. The van der Waals surface area contributed by atoms with E-state index in [0.29, 0.717) is 6.54 Å². The molecule has 0 aliphatic carbocycles. The normalized spacial score (nSPS) is 10.7. The Hall–Kier alpha value is -1.76. The third-order valence-electron chi connectivity index (χ3n) is 3.01. The number of nitrogens with zero attached hydrogens (tertiary/aromatic N) is 1. The van der Waals surface area contributed by atoms with Crippen LogP contribution in [0.25, 0.3) is 11.5 Å². The van der Waals surface area contributed by atoms with Gasteiger partial charge in [-0.3, -0.25) is 5.10 Å². The number of H-pyrrole nitrogens is 1. The van der Waals surface area contributed by atoms with Crippen molar-refractivity contribution in [1.29, 1.82) is 0 Å². The van der Waals surface area contributed by atoms with E-state index in [2.05, 4.69) is 56.3 Å². The number of hydrogen-bond acceptors (Lipinski definition) is 3. The molecule has 0 aliphatic rings. The van der Waals surface area contributed by atoms with Gasteiger partial charge in [0.05, 0.1) is 6.20 Å². The fraction of sp³-hybridized carbons (Fsp3) is 0.133. The predicted molar refractivity (Wildman–Crippen MR) is 87.5 cm³/mol. The highest BCUT2D eigenvalue weighted by molar-refractivity contribution is 14.1. The fourth-order valence-electron chi connectivity index (χ4n) is 2.02. The SMILES string of the molecule is Cc1ccc(-c2[nH]ncc2CNc2cccc(I)c2)o1. The number of aryl methyl sites for hydroxylation is 1. The lowest BCUT2D eigenvalue weighted by atomic mass is 10.2. The summed E-state index contributed by atoms with van der Waals surface area (Å²) < 4.78 is 6.85. The van der Waals surface area contributed by atoms with Gasteiger partial charge in [0.2, 0.25) is 0 Å². The molecule has 1 aromatic carbocycles. The van der Waals surface area contributed by atoms with Crippen LogP contribution in [0.1, 0.15) is 11.3 Å². The zero-order valence-corrected chi connectivity index (χ0v) is 13.1. The standard InChI is InChI=1S/C15H14IN3O/c1-10-5-6-14(20-10)15-11(9-18-19-15)8-17-13-4-2-3-12(16)7-13/h2-7,9,17H,8H2,1H3,(H,18,19). The zero-order valence-electron chi connectivity index (χ0n) is 11.0. The lowest BCUT2D eigenvalue weighted by Gasteiger charge is -2.06. The van der Waals surface area contributed by atoms with Crippen LogP contribution in [0.3, 0.4) is 0 Å². The van der Waals surface area contributed by atoms with Crippen molar-refractivity contribution in [1.82, 2.24) is 10.2 Å². The van der Waals surface area contributed by atoms with Crippen LogP contribution in [0.5, 0.6) is 0 Å². The molecule has 4 nitrogen and oxygen atoms in total. The molecule has 0 spiro atoms. The first-order chi connectivity index (χ1) is 9.72. The monoisotopic (exact) mass is 379 g/mol. The molecule has 2 aromatic heterocycles. The summed E-state index contributed by atoms with van der Waals surface area (Å²) in [6.45, 7) is 2.63. The fourth-order valence-corrected chi connectivity index (χ4v) is 2.57. The van der Waals surface area contributed by atoms with Gasteiger partial charge in [-0.05, 0) is 59.8 Å². The van der Waals surface area contributed by atoms with Crippen molar-refractivity contribution >= 4 is 28.3 Å². The highest BCUT2D eigenvalue weighted by atomic mass is 127. The Kier molecular flexibility index (Phi) is 3.77. The van der Waals surface area contributed by atoms with Gasteiger partial charge in [-0.25, -0.2) is 0 Å². The Morgan fingerprint density at radius 2 is 2.20 bits per heavy atom. The van der Waals surface area contributed by atoms with Gasteiger partial charge in [-0.15, -0.1) is 0 Å². The van der Waals surface area contributed by atoms with E-state index in [0.717, 1.165) is 28.5 Å². The lowest BCUT2D eigenvalue weighted by Crippen LogP contribution is -1.99. The quantitative estimate of drug-likeness (QED) is 0.669. The number of aromatic nitrogens is 2. The average Bonchev–Trinajstić information content (AvgIpc) is 3.04. The Bertz CT molecular complexity index is 717. The molecule has 0 unspecified atom stereocenters. The second kappa shape index (κ2) is 5.70. The van der Waals surface area contributed by atoms with Gasteiger partial charge >= 0.3 is 0 Å². The van der Waals surface area contributed by atoms with E-state index < -0.39 is 0 Å². The van der Waals surface area contributed by atoms with E-state index in [1.54, 1.807) is 0 Å². The average molecular weight is 379 g/mol. The molecule has 5 heteroatoms. The maximum absolute atomic E-state index is 5.64. The van der Waals surface area contributed by atoms with Crippen molar-refractivity contribution in [3.05, 3.63) is 57.5 Å². The molecule has 20 heavy (non-hydrogen) atoms. The minimum Gasteiger partial charge on any atom is -0.460 e. The summed E-state index contributed by atoms with van der Waals surface area (Å²) >= 11 is 2.30. The van der Waals surface area contributed by atoms with Gasteiger partial charge in [0.1, 0.15) is 11.5 Å². The maximum atomic E-state index is 5.64. The van der Waals surface area contributed by atoms with Crippen LogP contribution in [0.2, 0.25) is 0 Å². The van der Waals surface area contributed by atoms with Crippen LogP contribution in [0.4, 0.5) is 5.69 Å². The molecule has 0 saturated carbocycles. The van der Waals surface area contributed by atoms with E-state index in [9.17, 15) is 0 Å². The molecule has 0 saturated heterocycles. The molecular formula is C15H14IN3O. The van der Waals surface area contributed by atoms with E-state index in [4.69, 9.17) is 4.42 Å². The molecule has 0 radical (unpaired) electrons. The first-order valence-corrected chi connectivity index (χ1v) is 7.39. The van der Waals surface area contributed by atoms with Crippen molar-refractivity contribution in [2.24, 2.45) is 0 Å². The molecule has 0 atom stereocenters. The highest BCUT2D eigenvalue weighted by Crippen LogP contribution is 2.24. The largest absolute Gasteiger partial charge is 0.460 e. The second-order valence-corrected chi connectivity index (χ2v) is 5.79. The predicted octanol–water partition coefficient (Wildman–Crippen LogP) is 4.19. The number of anilines is 1. The second-order valence-electron chi connectivity index (χ2n) is 4.54. The minimum atomic E-state index is 0.700. The van der Waals surface area contributed by atoms with Crippen LogP contribution in [-0.2, 0) is 6.54 Å². The number of rotatable bonds is 4. The van der Waals surface area contributed by atoms with Gasteiger partial charge < -0.3 is 9.73 Å².